The van der Waals surface area contributed by atoms with Crippen LogP contribution in [0.3, 0.4) is 0 Å². The molecule has 3 rings (SSSR count). The predicted molar refractivity (Wildman–Crippen MR) is 118 cm³/mol. The van der Waals surface area contributed by atoms with Crippen LogP contribution in [0.4, 0.5) is 8.78 Å². The molecule has 0 saturated carbocycles. The number of nitrogens with zero attached hydrogens (tertiary/aromatic N) is 2. The molecule has 0 unspecified atom stereocenters. The van der Waals surface area contributed by atoms with E-state index in [0.29, 0.717) is 11.3 Å². The van der Waals surface area contributed by atoms with Gasteiger partial charge in [-0.3, -0.25) is 5.41 Å². The van der Waals surface area contributed by atoms with Gasteiger partial charge in [0.05, 0.1) is 25.1 Å². The molecule has 0 bridgehead atoms. The van der Waals surface area contributed by atoms with Crippen LogP contribution in [0.2, 0.25) is 0 Å². The molecule has 3 aromatic rings. The molecular formula is C24H22F2N4O. The highest BCUT2D eigenvalue weighted by atomic mass is 19.1. The highest BCUT2D eigenvalue weighted by Crippen LogP contribution is 2.23. The Morgan fingerprint density at radius 3 is 2.19 bits per heavy atom. The number of methoxy groups -OCH3 is 1. The fourth-order valence-electron chi connectivity index (χ4n) is 2.97. The van der Waals surface area contributed by atoms with E-state index in [4.69, 9.17) is 10.1 Å². The number of halogens is 2. The molecule has 1 aromatic heterocycles. The number of benzene rings is 2. The van der Waals surface area contributed by atoms with Gasteiger partial charge in [0.1, 0.15) is 11.5 Å². The monoisotopic (exact) mass is 420 g/mol. The first-order valence-electron chi connectivity index (χ1n) is 9.59. The first-order chi connectivity index (χ1) is 15.0. The molecule has 5 nitrogen and oxygen atoms in total. The quantitative estimate of drug-likeness (QED) is 0.492. The van der Waals surface area contributed by atoms with Gasteiger partial charge in [0.15, 0.2) is 0 Å². The number of allylic oxidation sites excluding steroid dienone is 1. The van der Waals surface area contributed by atoms with Crippen molar-refractivity contribution in [3.8, 4) is 5.88 Å². The van der Waals surface area contributed by atoms with Gasteiger partial charge in [-0.25, -0.2) is 14.4 Å². The molecule has 0 spiro atoms. The van der Waals surface area contributed by atoms with Crippen molar-refractivity contribution in [3.05, 3.63) is 107 Å². The van der Waals surface area contributed by atoms with Crippen LogP contribution >= 0.6 is 0 Å². The van der Waals surface area contributed by atoms with Gasteiger partial charge in [-0.1, -0.05) is 60.7 Å². The third-order valence-electron chi connectivity index (χ3n) is 4.53. The number of ether oxygens (including phenoxy) is 1. The van der Waals surface area contributed by atoms with Crippen molar-refractivity contribution in [2.45, 2.75) is 13.0 Å². The lowest BCUT2D eigenvalue weighted by molar-refractivity contribution is 0.385. The van der Waals surface area contributed by atoms with Gasteiger partial charge < -0.3 is 10.1 Å². The van der Waals surface area contributed by atoms with Gasteiger partial charge in [-0.2, -0.15) is 4.39 Å². The van der Waals surface area contributed by atoms with E-state index >= 15 is 0 Å². The van der Waals surface area contributed by atoms with Crippen molar-refractivity contribution in [3.63, 3.8) is 0 Å². The molecule has 0 fully saturated rings. The Morgan fingerprint density at radius 2 is 1.68 bits per heavy atom. The maximum Gasteiger partial charge on any atom is 0.232 e. The lowest BCUT2D eigenvalue weighted by Crippen LogP contribution is -2.16. The molecule has 7 heteroatoms. The zero-order valence-electron chi connectivity index (χ0n) is 17.1. The first-order valence-corrected chi connectivity index (χ1v) is 9.59. The van der Waals surface area contributed by atoms with Gasteiger partial charge in [0, 0.05) is 22.9 Å². The van der Waals surface area contributed by atoms with Crippen LogP contribution < -0.4 is 10.1 Å². The van der Waals surface area contributed by atoms with Crippen molar-refractivity contribution in [2.75, 3.05) is 7.11 Å². The van der Waals surface area contributed by atoms with Gasteiger partial charge in [0.25, 0.3) is 0 Å². The zero-order valence-corrected chi connectivity index (χ0v) is 17.1. The third kappa shape index (κ3) is 5.60. The largest absolute Gasteiger partial charge is 0.481 e. The maximum atomic E-state index is 14.1. The number of rotatable bonds is 8. The third-order valence-corrected chi connectivity index (χ3v) is 4.53. The maximum absolute atomic E-state index is 14.1. The van der Waals surface area contributed by atoms with Crippen LogP contribution in [0.5, 0.6) is 5.88 Å². The zero-order chi connectivity index (χ0) is 22.2. The fraction of sp³-hybridized carbons (Fsp3) is 0.125. The summed E-state index contributed by atoms with van der Waals surface area (Å²) in [7, 11) is 1.44. The van der Waals surface area contributed by atoms with Gasteiger partial charge in [-0.05, 0) is 13.0 Å². The van der Waals surface area contributed by atoms with Crippen molar-refractivity contribution in [1.29, 1.82) is 5.41 Å². The molecule has 0 aliphatic carbocycles. The second-order valence-electron chi connectivity index (χ2n) is 6.68. The van der Waals surface area contributed by atoms with Crippen LogP contribution in [0.15, 0.2) is 89.8 Å². The van der Waals surface area contributed by atoms with Gasteiger partial charge in [-0.15, -0.1) is 0 Å². The molecule has 0 saturated heterocycles. The summed E-state index contributed by atoms with van der Waals surface area (Å²) in [5, 5.41) is 10.5. The van der Waals surface area contributed by atoms with Crippen LogP contribution in [0, 0.1) is 11.2 Å². The van der Waals surface area contributed by atoms with E-state index in [2.05, 4.69) is 15.3 Å². The number of aromatic nitrogens is 1. The molecule has 2 N–H and O–H groups in total. The number of hydrogen-bond acceptors (Lipinski definition) is 5. The Bertz CT molecular complexity index is 1060. The molecule has 158 valence electrons. The molecule has 2 aromatic carbocycles. The summed E-state index contributed by atoms with van der Waals surface area (Å²) in [6.07, 6.45) is 2.35. The molecular weight excluding hydrogens is 398 g/mol. The average Bonchev–Trinajstić information content (AvgIpc) is 2.80. The Hall–Kier alpha value is -3.87. The summed E-state index contributed by atoms with van der Waals surface area (Å²) < 4.78 is 32.9. The number of aliphatic imine (C=N–C) groups is 1. The highest BCUT2D eigenvalue weighted by Gasteiger charge is 2.15. The van der Waals surface area contributed by atoms with Crippen molar-refractivity contribution < 1.29 is 13.5 Å². The van der Waals surface area contributed by atoms with Crippen LogP contribution in [0.25, 0.3) is 0 Å². The van der Waals surface area contributed by atoms with Gasteiger partial charge >= 0.3 is 0 Å². The van der Waals surface area contributed by atoms with Crippen LogP contribution in [0.1, 0.15) is 29.7 Å². The predicted octanol–water partition coefficient (Wildman–Crippen LogP) is 5.21. The SMILES string of the molecule is COc1ncc(F)cc1[C@H](C)N/C=C(/N=C(c1ccccc1)c1ccccc1)C(=N)F. The minimum atomic E-state index is -1.20. The molecule has 0 aliphatic rings. The summed E-state index contributed by atoms with van der Waals surface area (Å²) >= 11 is 0. The first kappa shape index (κ1) is 21.8. The van der Waals surface area contributed by atoms with Crippen LogP contribution in [-0.2, 0) is 0 Å². The van der Waals surface area contributed by atoms with E-state index in [-0.39, 0.29) is 11.6 Å². The van der Waals surface area contributed by atoms with E-state index in [1.807, 2.05) is 60.7 Å². The summed E-state index contributed by atoms with van der Waals surface area (Å²) in [5.74, 6) is -1.46. The van der Waals surface area contributed by atoms with Crippen molar-refractivity contribution >= 4 is 11.7 Å². The second-order valence-corrected chi connectivity index (χ2v) is 6.68. The Morgan fingerprint density at radius 1 is 1.10 bits per heavy atom. The minimum absolute atomic E-state index is 0.196. The van der Waals surface area contributed by atoms with E-state index in [1.54, 1.807) is 6.92 Å². The Balaban J connectivity index is 1.98. The fourth-order valence-corrected chi connectivity index (χ4v) is 2.97. The Labute approximate surface area is 179 Å². The second kappa shape index (κ2) is 10.2. The molecule has 0 aliphatic heterocycles. The summed E-state index contributed by atoms with van der Waals surface area (Å²) in [5.41, 5.74) is 2.35. The van der Waals surface area contributed by atoms with Crippen LogP contribution in [-0.4, -0.2) is 23.8 Å². The Kier molecular flexibility index (Phi) is 7.22. The molecule has 1 heterocycles. The molecule has 31 heavy (non-hydrogen) atoms. The standard InChI is InChI=1S/C24H22F2N4O/c1-16(20-13-19(25)14-29-24(20)31-2)28-15-21(23(26)27)30-22(17-9-5-3-6-10-17)18-11-7-4-8-12-18/h3-16,27-28H,1-2H3/b21-15+,27-23?/t16-/m0/s1. The van der Waals surface area contributed by atoms with Gasteiger partial charge in [0.2, 0.25) is 11.8 Å². The molecule has 0 radical (unpaired) electrons. The summed E-state index contributed by atoms with van der Waals surface area (Å²) in [6, 6.07) is 19.5. The summed E-state index contributed by atoms with van der Waals surface area (Å²) in [4.78, 5) is 8.34. The minimum Gasteiger partial charge on any atom is -0.481 e. The number of pyridine rings is 1. The van der Waals surface area contributed by atoms with E-state index < -0.39 is 17.8 Å². The lowest BCUT2D eigenvalue weighted by Gasteiger charge is -2.16. The molecule has 0 amide bonds. The topological polar surface area (TPSA) is 70.4 Å². The summed E-state index contributed by atoms with van der Waals surface area (Å²) in [6.45, 7) is 1.74. The number of nitrogens with one attached hydrogen (secondary N) is 2. The molecule has 1 atom stereocenters. The highest BCUT2D eigenvalue weighted by molar-refractivity contribution is 6.14. The van der Waals surface area contributed by atoms with E-state index in [0.717, 1.165) is 17.3 Å². The average molecular weight is 420 g/mol. The van der Waals surface area contributed by atoms with Crippen molar-refractivity contribution in [1.82, 2.24) is 10.3 Å². The van der Waals surface area contributed by atoms with Crippen molar-refractivity contribution in [2.24, 2.45) is 4.99 Å². The van der Waals surface area contributed by atoms with E-state index in [9.17, 15) is 8.78 Å². The lowest BCUT2D eigenvalue weighted by atomic mass is 10.0. The smallest absolute Gasteiger partial charge is 0.232 e. The normalized spacial score (nSPS) is 12.1. The number of hydrogen-bond donors (Lipinski definition) is 2. The van der Waals surface area contributed by atoms with E-state index in [1.165, 1.54) is 19.4 Å².